The Balaban J connectivity index is 1.87. The number of ketones is 1. The quantitative estimate of drug-likeness (QED) is 0.393. The second-order valence-corrected chi connectivity index (χ2v) is 7.35. The highest BCUT2D eigenvalue weighted by atomic mass is 32.2. The van der Waals surface area contributed by atoms with Crippen molar-refractivity contribution < 1.29 is 19.1 Å². The Morgan fingerprint density at radius 2 is 1.81 bits per heavy atom. The fraction of sp³-hybridized carbons (Fsp3) is 0.400. The molecule has 0 bridgehead atoms. The fourth-order valence-corrected chi connectivity index (χ4v) is 3.63. The average molecular weight is 375 g/mol. The molecule has 0 radical (unpaired) electrons. The average Bonchev–Trinajstić information content (AvgIpc) is 2.92. The van der Waals surface area contributed by atoms with Crippen molar-refractivity contribution in [3.63, 3.8) is 0 Å². The van der Waals surface area contributed by atoms with E-state index in [2.05, 4.69) is 18.4 Å². The van der Waals surface area contributed by atoms with E-state index in [0.29, 0.717) is 5.56 Å². The first kappa shape index (κ1) is 20.1. The van der Waals surface area contributed by atoms with Gasteiger partial charge in [-0.2, -0.15) is 0 Å². The van der Waals surface area contributed by atoms with E-state index in [4.69, 9.17) is 9.47 Å². The monoisotopic (exact) mass is 375 g/mol. The van der Waals surface area contributed by atoms with E-state index in [0.717, 1.165) is 22.0 Å². The van der Waals surface area contributed by atoms with Crippen LogP contribution in [0, 0.1) is 13.8 Å². The van der Waals surface area contributed by atoms with Gasteiger partial charge in [0.2, 0.25) is 5.78 Å². The molecule has 0 unspecified atom stereocenters. The topological polar surface area (TPSA) is 57.5 Å². The number of ether oxygens (including phenoxy) is 2. The van der Waals surface area contributed by atoms with Crippen molar-refractivity contribution in [1.82, 2.24) is 4.57 Å². The Labute approximate surface area is 158 Å². The van der Waals surface area contributed by atoms with Crippen LogP contribution >= 0.6 is 11.8 Å². The van der Waals surface area contributed by atoms with Gasteiger partial charge in [-0.3, -0.25) is 9.59 Å². The summed E-state index contributed by atoms with van der Waals surface area (Å²) in [5.41, 5.74) is 2.56. The summed E-state index contributed by atoms with van der Waals surface area (Å²) in [5.74, 6) is 0.344. The predicted molar refractivity (Wildman–Crippen MR) is 103 cm³/mol. The molecular formula is C20H25NO4S. The molecule has 0 amide bonds. The van der Waals surface area contributed by atoms with E-state index in [-0.39, 0.29) is 24.2 Å². The molecule has 0 N–H and O–H groups in total. The van der Waals surface area contributed by atoms with Crippen molar-refractivity contribution in [2.45, 2.75) is 38.6 Å². The van der Waals surface area contributed by atoms with Crippen LogP contribution in [-0.2, 0) is 9.53 Å². The number of esters is 1. The van der Waals surface area contributed by atoms with Crippen LogP contribution in [0.25, 0.3) is 0 Å². The van der Waals surface area contributed by atoms with E-state index in [1.807, 2.05) is 44.2 Å². The summed E-state index contributed by atoms with van der Waals surface area (Å²) >= 11 is 1.36. The van der Waals surface area contributed by atoms with E-state index >= 15 is 0 Å². The molecule has 0 spiro atoms. The maximum atomic E-state index is 12.4. The molecular weight excluding hydrogens is 350 g/mol. The summed E-state index contributed by atoms with van der Waals surface area (Å²) in [6, 6.07) is 9.56. The minimum Gasteiger partial charge on any atom is -0.497 e. The number of hydrogen-bond acceptors (Lipinski definition) is 5. The lowest BCUT2D eigenvalue weighted by atomic mass is 10.1. The molecule has 1 aromatic heterocycles. The number of methoxy groups -OCH3 is 1. The third-order valence-corrected chi connectivity index (χ3v) is 5.07. The predicted octanol–water partition coefficient (Wildman–Crippen LogP) is 4.21. The zero-order chi connectivity index (χ0) is 19.3. The Bertz CT molecular complexity index is 778. The number of Topliss-reactive ketones (excluding diaryl/α,β-unsaturated/α-hetero) is 1. The van der Waals surface area contributed by atoms with Crippen molar-refractivity contribution in [3.8, 4) is 5.75 Å². The van der Waals surface area contributed by atoms with E-state index in [1.165, 1.54) is 11.8 Å². The second-order valence-electron chi connectivity index (χ2n) is 6.30. The van der Waals surface area contributed by atoms with Crippen LogP contribution in [0.15, 0.2) is 35.2 Å². The number of aromatic nitrogens is 1. The third-order valence-electron chi connectivity index (χ3n) is 4.08. The number of aryl methyl sites for hydroxylation is 1. The SMILES string of the molecule is COc1ccc(SCC(=O)OCC(=O)c2cc(C)n(C(C)C)c2C)cc1. The summed E-state index contributed by atoms with van der Waals surface area (Å²) in [4.78, 5) is 25.2. The molecule has 6 heteroatoms. The highest BCUT2D eigenvalue weighted by Gasteiger charge is 2.18. The summed E-state index contributed by atoms with van der Waals surface area (Å²) in [6.45, 7) is 7.81. The molecule has 0 fully saturated rings. The molecule has 140 valence electrons. The van der Waals surface area contributed by atoms with Crippen LogP contribution in [0.1, 0.15) is 41.6 Å². The van der Waals surface area contributed by atoms with Gasteiger partial charge < -0.3 is 14.0 Å². The Kier molecular flexibility index (Phi) is 6.91. The zero-order valence-corrected chi connectivity index (χ0v) is 16.7. The second kappa shape index (κ2) is 8.94. The van der Waals surface area contributed by atoms with Crippen LogP contribution in [0.3, 0.4) is 0 Å². The minimum absolute atomic E-state index is 0.157. The lowest BCUT2D eigenvalue weighted by molar-refractivity contribution is -0.139. The van der Waals surface area contributed by atoms with E-state index < -0.39 is 5.97 Å². The van der Waals surface area contributed by atoms with Crippen LogP contribution in [0.5, 0.6) is 5.75 Å². The molecule has 0 saturated heterocycles. The number of nitrogens with zero attached hydrogens (tertiary/aromatic N) is 1. The Hall–Kier alpha value is -2.21. The number of rotatable bonds is 8. The minimum atomic E-state index is -0.406. The summed E-state index contributed by atoms with van der Waals surface area (Å²) in [7, 11) is 1.61. The van der Waals surface area contributed by atoms with Crippen molar-refractivity contribution >= 4 is 23.5 Å². The van der Waals surface area contributed by atoms with Crippen LogP contribution in [-0.4, -0.2) is 35.8 Å². The fourth-order valence-electron chi connectivity index (χ4n) is 2.93. The van der Waals surface area contributed by atoms with E-state index in [9.17, 15) is 9.59 Å². The number of carbonyl (C=O) groups is 2. The Morgan fingerprint density at radius 1 is 1.15 bits per heavy atom. The summed E-state index contributed by atoms with van der Waals surface area (Å²) in [6.07, 6.45) is 0. The largest absolute Gasteiger partial charge is 0.497 e. The molecule has 0 aliphatic rings. The van der Waals surface area contributed by atoms with Crippen LogP contribution in [0.4, 0.5) is 0 Å². The third kappa shape index (κ3) is 4.91. The van der Waals surface area contributed by atoms with E-state index in [1.54, 1.807) is 7.11 Å². The molecule has 0 aliphatic carbocycles. The Morgan fingerprint density at radius 3 is 2.35 bits per heavy atom. The highest BCUT2D eigenvalue weighted by molar-refractivity contribution is 8.00. The van der Waals surface area contributed by atoms with Gasteiger partial charge in [-0.05, 0) is 58.0 Å². The van der Waals surface area contributed by atoms with Gasteiger partial charge in [0.15, 0.2) is 6.61 Å². The van der Waals surface area contributed by atoms with Crippen molar-refractivity contribution in [3.05, 3.63) is 47.3 Å². The van der Waals surface area contributed by atoms with Gasteiger partial charge >= 0.3 is 5.97 Å². The van der Waals surface area contributed by atoms with Gasteiger partial charge in [0, 0.05) is 27.9 Å². The van der Waals surface area contributed by atoms with Gasteiger partial charge in [-0.15, -0.1) is 11.8 Å². The molecule has 1 aromatic carbocycles. The molecule has 1 heterocycles. The highest BCUT2D eigenvalue weighted by Crippen LogP contribution is 2.22. The maximum absolute atomic E-state index is 12.4. The normalized spacial score (nSPS) is 10.8. The number of thioether (sulfide) groups is 1. The smallest absolute Gasteiger partial charge is 0.316 e. The van der Waals surface area contributed by atoms with Gasteiger partial charge in [-0.25, -0.2) is 0 Å². The van der Waals surface area contributed by atoms with Crippen molar-refractivity contribution in [1.29, 1.82) is 0 Å². The molecule has 2 rings (SSSR count). The maximum Gasteiger partial charge on any atom is 0.316 e. The number of benzene rings is 1. The standard InChI is InChI=1S/C20H25NO4S/c1-13(2)21-14(3)10-18(15(21)4)19(22)11-25-20(23)12-26-17-8-6-16(24-5)7-9-17/h6-10,13H,11-12H2,1-5H3. The van der Waals surface area contributed by atoms with Gasteiger partial charge in [-0.1, -0.05) is 0 Å². The van der Waals surface area contributed by atoms with Gasteiger partial charge in [0.1, 0.15) is 5.75 Å². The van der Waals surface area contributed by atoms with Gasteiger partial charge in [0.05, 0.1) is 12.9 Å². The lowest BCUT2D eigenvalue weighted by Gasteiger charge is -2.13. The first-order chi connectivity index (χ1) is 12.3. The zero-order valence-electron chi connectivity index (χ0n) is 15.9. The number of carbonyl (C=O) groups excluding carboxylic acids is 2. The van der Waals surface area contributed by atoms with Crippen LogP contribution < -0.4 is 4.74 Å². The first-order valence-corrected chi connectivity index (χ1v) is 9.46. The lowest BCUT2D eigenvalue weighted by Crippen LogP contribution is -2.16. The van der Waals surface area contributed by atoms with Crippen LogP contribution in [0.2, 0.25) is 0 Å². The molecule has 0 atom stereocenters. The van der Waals surface area contributed by atoms with Gasteiger partial charge in [0.25, 0.3) is 0 Å². The van der Waals surface area contributed by atoms with Crippen molar-refractivity contribution in [2.75, 3.05) is 19.5 Å². The summed E-state index contributed by atoms with van der Waals surface area (Å²) in [5, 5.41) is 0. The first-order valence-electron chi connectivity index (χ1n) is 8.47. The molecule has 5 nitrogen and oxygen atoms in total. The molecule has 0 saturated carbocycles. The summed E-state index contributed by atoms with van der Waals surface area (Å²) < 4.78 is 12.3. The van der Waals surface area contributed by atoms with Crippen molar-refractivity contribution in [2.24, 2.45) is 0 Å². The molecule has 2 aromatic rings. The molecule has 0 aliphatic heterocycles. The molecule has 26 heavy (non-hydrogen) atoms. The number of hydrogen-bond donors (Lipinski definition) is 0.